The van der Waals surface area contributed by atoms with Gasteiger partial charge in [-0.3, -0.25) is 5.41 Å². The van der Waals surface area contributed by atoms with Gasteiger partial charge in [-0.25, -0.2) is 0 Å². The molecule has 0 bridgehead atoms. The lowest BCUT2D eigenvalue weighted by Crippen LogP contribution is -2.20. The summed E-state index contributed by atoms with van der Waals surface area (Å²) >= 11 is 0. The fourth-order valence-electron chi connectivity index (χ4n) is 1.94. The molecule has 0 radical (unpaired) electrons. The first-order chi connectivity index (χ1) is 9.72. The van der Waals surface area contributed by atoms with E-state index in [1.165, 1.54) is 44.9 Å². The molecular formula is C16H33NO3. The number of ether oxygens (including phenoxy) is 3. The lowest BCUT2D eigenvalue weighted by Gasteiger charge is -2.13. The Bertz CT molecular complexity index is 222. The second kappa shape index (κ2) is 14.8. The van der Waals surface area contributed by atoms with E-state index in [0.29, 0.717) is 6.61 Å². The second-order valence-corrected chi connectivity index (χ2v) is 5.37. The molecule has 120 valence electrons. The van der Waals surface area contributed by atoms with Crippen LogP contribution in [-0.2, 0) is 14.2 Å². The topological polar surface area (TPSA) is 51.5 Å². The quantitative estimate of drug-likeness (QED) is 0.223. The third kappa shape index (κ3) is 12.4. The van der Waals surface area contributed by atoms with Crippen LogP contribution in [0.25, 0.3) is 0 Å². The minimum absolute atomic E-state index is 0.000746. The molecule has 0 heterocycles. The van der Waals surface area contributed by atoms with Crippen LogP contribution >= 0.6 is 0 Å². The van der Waals surface area contributed by atoms with Crippen molar-refractivity contribution >= 4 is 5.90 Å². The lowest BCUT2D eigenvalue weighted by molar-refractivity contribution is 0.0308. The van der Waals surface area contributed by atoms with E-state index < -0.39 is 0 Å². The second-order valence-electron chi connectivity index (χ2n) is 5.37. The SMILES string of the molecule is CCCCCCCCCCOCC(C)C(=N)OCOC. The van der Waals surface area contributed by atoms with E-state index >= 15 is 0 Å². The Labute approximate surface area is 124 Å². The van der Waals surface area contributed by atoms with Gasteiger partial charge in [-0.05, 0) is 6.42 Å². The van der Waals surface area contributed by atoms with Gasteiger partial charge in [-0.1, -0.05) is 58.8 Å². The average Bonchev–Trinajstić information content (AvgIpc) is 2.46. The predicted molar refractivity (Wildman–Crippen MR) is 83.3 cm³/mol. The summed E-state index contributed by atoms with van der Waals surface area (Å²) in [5.74, 6) is 0.238. The van der Waals surface area contributed by atoms with Gasteiger partial charge in [0, 0.05) is 13.7 Å². The molecule has 0 aliphatic carbocycles. The molecule has 0 saturated heterocycles. The van der Waals surface area contributed by atoms with Gasteiger partial charge in [0.15, 0.2) is 12.7 Å². The summed E-state index contributed by atoms with van der Waals surface area (Å²) in [6.07, 6.45) is 10.5. The Morgan fingerprint density at radius 2 is 1.60 bits per heavy atom. The summed E-state index contributed by atoms with van der Waals surface area (Å²) in [4.78, 5) is 0. The molecule has 0 rings (SSSR count). The zero-order valence-electron chi connectivity index (χ0n) is 13.6. The van der Waals surface area contributed by atoms with E-state index in [-0.39, 0.29) is 18.6 Å². The van der Waals surface area contributed by atoms with Crippen LogP contribution in [0.2, 0.25) is 0 Å². The first kappa shape index (κ1) is 19.4. The molecule has 0 spiro atoms. The van der Waals surface area contributed by atoms with E-state index in [2.05, 4.69) is 6.92 Å². The van der Waals surface area contributed by atoms with E-state index in [4.69, 9.17) is 19.6 Å². The molecule has 0 fully saturated rings. The summed E-state index contributed by atoms with van der Waals surface area (Å²) < 4.78 is 15.4. The molecule has 0 amide bonds. The molecule has 0 aromatic rings. The van der Waals surface area contributed by atoms with Gasteiger partial charge in [0.25, 0.3) is 0 Å². The highest BCUT2D eigenvalue weighted by Crippen LogP contribution is 2.08. The van der Waals surface area contributed by atoms with Crippen molar-refractivity contribution in [3.8, 4) is 0 Å². The van der Waals surface area contributed by atoms with Gasteiger partial charge in [0.2, 0.25) is 0 Å². The van der Waals surface area contributed by atoms with E-state index in [1.807, 2.05) is 6.92 Å². The van der Waals surface area contributed by atoms with Gasteiger partial charge in [0.1, 0.15) is 0 Å². The highest BCUT2D eigenvalue weighted by atomic mass is 16.7. The number of hydrogen-bond donors (Lipinski definition) is 1. The zero-order chi connectivity index (χ0) is 15.1. The van der Waals surface area contributed by atoms with Gasteiger partial charge in [0.05, 0.1) is 12.5 Å². The monoisotopic (exact) mass is 287 g/mol. The van der Waals surface area contributed by atoms with E-state index in [9.17, 15) is 0 Å². The number of rotatable bonds is 14. The fraction of sp³-hybridized carbons (Fsp3) is 0.938. The van der Waals surface area contributed by atoms with Crippen molar-refractivity contribution in [3.05, 3.63) is 0 Å². The van der Waals surface area contributed by atoms with Crippen LogP contribution in [0.4, 0.5) is 0 Å². The largest absolute Gasteiger partial charge is 0.455 e. The molecule has 1 unspecified atom stereocenters. The summed E-state index contributed by atoms with van der Waals surface area (Å²) in [5.41, 5.74) is 0. The number of unbranched alkanes of at least 4 members (excludes halogenated alkanes) is 7. The zero-order valence-corrected chi connectivity index (χ0v) is 13.6. The Morgan fingerprint density at radius 3 is 2.20 bits per heavy atom. The van der Waals surface area contributed by atoms with Crippen molar-refractivity contribution in [1.29, 1.82) is 5.41 Å². The number of hydrogen-bond acceptors (Lipinski definition) is 4. The molecule has 0 aliphatic rings. The van der Waals surface area contributed by atoms with E-state index in [1.54, 1.807) is 7.11 Å². The Morgan fingerprint density at radius 1 is 1.00 bits per heavy atom. The van der Waals surface area contributed by atoms with Crippen LogP contribution in [0.1, 0.15) is 65.2 Å². The fourth-order valence-corrected chi connectivity index (χ4v) is 1.94. The highest BCUT2D eigenvalue weighted by Gasteiger charge is 2.10. The molecule has 4 nitrogen and oxygen atoms in total. The minimum Gasteiger partial charge on any atom is -0.455 e. The van der Waals surface area contributed by atoms with Gasteiger partial charge in [-0.15, -0.1) is 0 Å². The number of methoxy groups -OCH3 is 1. The van der Waals surface area contributed by atoms with Crippen LogP contribution in [0.3, 0.4) is 0 Å². The molecule has 0 saturated carbocycles. The van der Waals surface area contributed by atoms with Crippen molar-refractivity contribution in [1.82, 2.24) is 0 Å². The maximum Gasteiger partial charge on any atom is 0.190 e. The van der Waals surface area contributed by atoms with Crippen molar-refractivity contribution in [2.75, 3.05) is 27.1 Å². The van der Waals surface area contributed by atoms with Crippen molar-refractivity contribution in [3.63, 3.8) is 0 Å². The minimum atomic E-state index is -0.000746. The molecule has 4 heteroatoms. The Hall–Kier alpha value is -0.610. The predicted octanol–water partition coefficient (Wildman–Crippen LogP) is 4.38. The van der Waals surface area contributed by atoms with Crippen molar-refractivity contribution in [2.24, 2.45) is 5.92 Å². The molecule has 0 aromatic heterocycles. The molecular weight excluding hydrogens is 254 g/mol. The van der Waals surface area contributed by atoms with Gasteiger partial charge < -0.3 is 14.2 Å². The number of nitrogens with one attached hydrogen (secondary N) is 1. The summed E-state index contributed by atoms with van der Waals surface area (Å²) in [7, 11) is 1.55. The molecule has 1 N–H and O–H groups in total. The van der Waals surface area contributed by atoms with E-state index in [0.717, 1.165) is 13.0 Å². The third-order valence-electron chi connectivity index (χ3n) is 3.29. The third-order valence-corrected chi connectivity index (χ3v) is 3.29. The van der Waals surface area contributed by atoms with Crippen LogP contribution in [-0.4, -0.2) is 33.0 Å². The maximum absolute atomic E-state index is 7.64. The molecule has 0 aromatic carbocycles. The molecule has 0 aliphatic heterocycles. The van der Waals surface area contributed by atoms with Crippen LogP contribution < -0.4 is 0 Å². The molecule has 1 atom stereocenters. The Balaban J connectivity index is 3.24. The summed E-state index contributed by atoms with van der Waals surface area (Å²) in [6.45, 7) is 5.67. The first-order valence-electron chi connectivity index (χ1n) is 8.00. The highest BCUT2D eigenvalue weighted by molar-refractivity contribution is 5.75. The smallest absolute Gasteiger partial charge is 0.190 e. The summed E-state index contributed by atoms with van der Waals surface area (Å²) in [5, 5.41) is 7.64. The van der Waals surface area contributed by atoms with Gasteiger partial charge in [-0.2, -0.15) is 0 Å². The maximum atomic E-state index is 7.64. The van der Waals surface area contributed by atoms with Crippen molar-refractivity contribution in [2.45, 2.75) is 65.2 Å². The standard InChI is InChI=1S/C16H33NO3/c1-4-5-6-7-8-9-10-11-12-19-13-15(2)16(17)20-14-18-3/h15,17H,4-14H2,1-3H3. The lowest BCUT2D eigenvalue weighted by atomic mass is 10.1. The normalized spacial score (nSPS) is 12.3. The van der Waals surface area contributed by atoms with Crippen LogP contribution in [0.5, 0.6) is 0 Å². The average molecular weight is 287 g/mol. The summed E-state index contributed by atoms with van der Waals surface area (Å²) in [6, 6.07) is 0. The van der Waals surface area contributed by atoms with Crippen LogP contribution in [0, 0.1) is 11.3 Å². The van der Waals surface area contributed by atoms with Crippen LogP contribution in [0.15, 0.2) is 0 Å². The first-order valence-corrected chi connectivity index (χ1v) is 8.00. The van der Waals surface area contributed by atoms with Crippen molar-refractivity contribution < 1.29 is 14.2 Å². The molecule has 20 heavy (non-hydrogen) atoms. The Kier molecular flexibility index (Phi) is 14.3. The van der Waals surface area contributed by atoms with Gasteiger partial charge >= 0.3 is 0 Å².